The fourth-order valence-electron chi connectivity index (χ4n) is 2.01. The third kappa shape index (κ3) is 1.91. The molecule has 0 fully saturated rings. The molecule has 1 aromatic heterocycles. The number of carbonyl (C=O) groups is 1. The van der Waals surface area contributed by atoms with Gasteiger partial charge in [-0.15, -0.1) is 5.10 Å². The van der Waals surface area contributed by atoms with Crippen molar-refractivity contribution in [2.45, 2.75) is 6.92 Å². The second kappa shape index (κ2) is 4.41. The molecule has 2 aromatic carbocycles. The summed E-state index contributed by atoms with van der Waals surface area (Å²) in [6, 6.07) is 9.20. The first-order valence-corrected chi connectivity index (χ1v) is 5.91. The van der Waals surface area contributed by atoms with Gasteiger partial charge < -0.3 is 5.11 Å². The van der Waals surface area contributed by atoms with E-state index in [1.165, 1.54) is 18.2 Å². The molecule has 6 heteroatoms. The average molecular weight is 271 g/mol. The maximum Gasteiger partial charge on any atom is 0.335 e. The molecule has 0 aliphatic rings. The SMILES string of the molecule is Cc1cc(-n2nnc3cc(C(=O)O)ccc32)ccc1F. The number of fused-ring (bicyclic) bond motifs is 1. The van der Waals surface area contributed by atoms with Crippen LogP contribution >= 0.6 is 0 Å². The third-order valence-electron chi connectivity index (χ3n) is 3.08. The van der Waals surface area contributed by atoms with Gasteiger partial charge in [0.2, 0.25) is 0 Å². The number of benzene rings is 2. The quantitative estimate of drug-likeness (QED) is 0.777. The van der Waals surface area contributed by atoms with Gasteiger partial charge in [-0.25, -0.2) is 13.9 Å². The Kier molecular flexibility index (Phi) is 2.71. The molecule has 1 N–H and O–H groups in total. The van der Waals surface area contributed by atoms with Crippen molar-refractivity contribution < 1.29 is 14.3 Å². The van der Waals surface area contributed by atoms with E-state index in [0.29, 0.717) is 22.3 Å². The summed E-state index contributed by atoms with van der Waals surface area (Å²) in [4.78, 5) is 10.9. The van der Waals surface area contributed by atoms with Gasteiger partial charge in [0.15, 0.2) is 0 Å². The molecule has 3 rings (SSSR count). The minimum Gasteiger partial charge on any atom is -0.478 e. The van der Waals surface area contributed by atoms with E-state index in [2.05, 4.69) is 10.3 Å². The molecule has 0 aliphatic heterocycles. The molecule has 0 spiro atoms. The number of hydrogen-bond donors (Lipinski definition) is 1. The lowest BCUT2D eigenvalue weighted by molar-refractivity contribution is 0.0697. The van der Waals surface area contributed by atoms with Gasteiger partial charge in [-0.3, -0.25) is 0 Å². The minimum atomic E-state index is -1.01. The molecule has 0 aliphatic carbocycles. The summed E-state index contributed by atoms with van der Waals surface area (Å²) in [6.07, 6.45) is 0. The van der Waals surface area contributed by atoms with Gasteiger partial charge in [-0.05, 0) is 48.9 Å². The molecule has 0 saturated heterocycles. The lowest BCUT2D eigenvalue weighted by Crippen LogP contribution is -1.99. The number of hydrogen-bond acceptors (Lipinski definition) is 3. The Morgan fingerprint density at radius 2 is 2.05 bits per heavy atom. The lowest BCUT2D eigenvalue weighted by Gasteiger charge is -2.04. The van der Waals surface area contributed by atoms with Crippen LogP contribution in [0.15, 0.2) is 36.4 Å². The van der Waals surface area contributed by atoms with Gasteiger partial charge >= 0.3 is 5.97 Å². The van der Waals surface area contributed by atoms with E-state index in [4.69, 9.17) is 5.11 Å². The fraction of sp³-hybridized carbons (Fsp3) is 0.0714. The smallest absolute Gasteiger partial charge is 0.335 e. The summed E-state index contributed by atoms with van der Waals surface area (Å²) < 4.78 is 14.8. The van der Waals surface area contributed by atoms with Crippen molar-refractivity contribution in [3.8, 4) is 5.69 Å². The van der Waals surface area contributed by atoms with Gasteiger partial charge in [0.1, 0.15) is 11.3 Å². The summed E-state index contributed by atoms with van der Waals surface area (Å²) in [6.45, 7) is 1.67. The minimum absolute atomic E-state index is 0.153. The van der Waals surface area contributed by atoms with Crippen molar-refractivity contribution >= 4 is 17.0 Å². The number of aromatic nitrogens is 3. The Hall–Kier alpha value is -2.76. The van der Waals surface area contributed by atoms with Crippen LogP contribution in [0.5, 0.6) is 0 Å². The molecule has 0 radical (unpaired) electrons. The summed E-state index contributed by atoms with van der Waals surface area (Å²) in [7, 11) is 0. The number of aromatic carboxylic acids is 1. The van der Waals surface area contributed by atoms with Crippen molar-refractivity contribution in [3.05, 3.63) is 53.3 Å². The van der Waals surface area contributed by atoms with E-state index < -0.39 is 5.97 Å². The molecular weight excluding hydrogens is 261 g/mol. The first kappa shape index (κ1) is 12.3. The molecule has 0 atom stereocenters. The average Bonchev–Trinajstić information content (AvgIpc) is 2.84. The molecule has 1 heterocycles. The highest BCUT2D eigenvalue weighted by atomic mass is 19.1. The summed E-state index contributed by atoms with van der Waals surface area (Å²) in [5.74, 6) is -1.30. The molecule has 0 saturated carbocycles. The van der Waals surface area contributed by atoms with Gasteiger partial charge in [0.25, 0.3) is 0 Å². The molecule has 0 bridgehead atoms. The van der Waals surface area contributed by atoms with Gasteiger partial charge in [0.05, 0.1) is 16.8 Å². The largest absolute Gasteiger partial charge is 0.478 e. The molecule has 100 valence electrons. The highest BCUT2D eigenvalue weighted by Crippen LogP contribution is 2.19. The monoisotopic (exact) mass is 271 g/mol. The van der Waals surface area contributed by atoms with Crippen LogP contribution in [0.1, 0.15) is 15.9 Å². The number of nitrogens with zero attached hydrogens (tertiary/aromatic N) is 3. The number of rotatable bonds is 2. The Morgan fingerprint density at radius 1 is 1.25 bits per heavy atom. The van der Waals surface area contributed by atoms with E-state index in [1.807, 2.05) is 0 Å². The lowest BCUT2D eigenvalue weighted by atomic mass is 10.2. The number of halogens is 1. The molecule has 0 unspecified atom stereocenters. The second-order valence-electron chi connectivity index (χ2n) is 4.44. The van der Waals surface area contributed by atoms with Gasteiger partial charge in [0, 0.05) is 0 Å². The van der Waals surface area contributed by atoms with E-state index in [0.717, 1.165) is 0 Å². The van der Waals surface area contributed by atoms with Crippen LogP contribution in [0.2, 0.25) is 0 Å². The van der Waals surface area contributed by atoms with E-state index in [-0.39, 0.29) is 11.4 Å². The summed E-state index contributed by atoms with van der Waals surface area (Å²) >= 11 is 0. The van der Waals surface area contributed by atoms with Crippen LogP contribution in [-0.4, -0.2) is 26.1 Å². The second-order valence-corrected chi connectivity index (χ2v) is 4.44. The first-order chi connectivity index (χ1) is 9.56. The zero-order valence-corrected chi connectivity index (χ0v) is 10.5. The maximum atomic E-state index is 13.3. The predicted octanol–water partition coefficient (Wildman–Crippen LogP) is 2.57. The Morgan fingerprint density at radius 3 is 2.75 bits per heavy atom. The van der Waals surface area contributed by atoms with Gasteiger partial charge in [-0.2, -0.15) is 0 Å². The van der Waals surface area contributed by atoms with Crippen molar-refractivity contribution in [1.82, 2.24) is 15.0 Å². The molecule has 0 amide bonds. The Bertz CT molecular complexity index is 826. The topological polar surface area (TPSA) is 68.0 Å². The van der Waals surface area contributed by atoms with Crippen molar-refractivity contribution in [2.24, 2.45) is 0 Å². The molecule has 3 aromatic rings. The standard InChI is InChI=1S/C14H10FN3O2/c1-8-6-10(3-4-11(8)15)18-13-5-2-9(14(19)20)7-12(13)16-17-18/h2-7H,1H3,(H,19,20). The highest BCUT2D eigenvalue weighted by Gasteiger charge is 2.11. The predicted molar refractivity (Wildman–Crippen MR) is 70.5 cm³/mol. The van der Waals surface area contributed by atoms with Crippen molar-refractivity contribution in [2.75, 3.05) is 0 Å². The van der Waals surface area contributed by atoms with E-state index in [1.54, 1.807) is 29.8 Å². The third-order valence-corrected chi connectivity index (χ3v) is 3.08. The van der Waals surface area contributed by atoms with E-state index in [9.17, 15) is 9.18 Å². The molecule has 5 nitrogen and oxygen atoms in total. The van der Waals surface area contributed by atoms with Gasteiger partial charge in [-0.1, -0.05) is 5.21 Å². The normalized spacial score (nSPS) is 10.9. The highest BCUT2D eigenvalue weighted by molar-refractivity contribution is 5.92. The summed E-state index contributed by atoms with van der Waals surface area (Å²) in [5.41, 5.74) is 2.48. The van der Waals surface area contributed by atoms with Crippen LogP contribution in [0.4, 0.5) is 4.39 Å². The Balaban J connectivity index is 2.17. The van der Waals surface area contributed by atoms with E-state index >= 15 is 0 Å². The van der Waals surface area contributed by atoms with Crippen LogP contribution in [0.25, 0.3) is 16.7 Å². The van der Waals surface area contributed by atoms with Crippen LogP contribution in [0.3, 0.4) is 0 Å². The Labute approximate surface area is 113 Å². The fourth-order valence-corrected chi connectivity index (χ4v) is 2.01. The number of carboxylic acids is 1. The van der Waals surface area contributed by atoms with Crippen LogP contribution in [0, 0.1) is 12.7 Å². The zero-order valence-electron chi connectivity index (χ0n) is 10.5. The first-order valence-electron chi connectivity index (χ1n) is 5.91. The number of aryl methyl sites for hydroxylation is 1. The molecular formula is C14H10FN3O2. The number of carboxylic acid groups (broad SMARTS) is 1. The van der Waals surface area contributed by atoms with Crippen LogP contribution < -0.4 is 0 Å². The summed E-state index contributed by atoms with van der Waals surface area (Å²) in [5, 5.41) is 16.9. The van der Waals surface area contributed by atoms with Crippen LogP contribution in [-0.2, 0) is 0 Å². The zero-order chi connectivity index (χ0) is 14.3. The maximum absolute atomic E-state index is 13.3. The van der Waals surface area contributed by atoms with Crippen molar-refractivity contribution in [1.29, 1.82) is 0 Å². The molecule has 20 heavy (non-hydrogen) atoms. The van der Waals surface area contributed by atoms with Crippen molar-refractivity contribution in [3.63, 3.8) is 0 Å².